The van der Waals surface area contributed by atoms with Crippen LogP contribution in [0.15, 0.2) is 30.7 Å². The van der Waals surface area contributed by atoms with E-state index in [-0.39, 0.29) is 0 Å². The quantitative estimate of drug-likeness (QED) is 0.854. The summed E-state index contributed by atoms with van der Waals surface area (Å²) in [7, 11) is 0. The van der Waals surface area contributed by atoms with Crippen molar-refractivity contribution in [2.24, 2.45) is 0 Å². The molecule has 0 saturated carbocycles. The van der Waals surface area contributed by atoms with Crippen molar-refractivity contribution in [3.63, 3.8) is 0 Å². The van der Waals surface area contributed by atoms with Crippen LogP contribution in [0.4, 0.5) is 13.2 Å². The molecule has 0 saturated heterocycles. The van der Waals surface area contributed by atoms with Gasteiger partial charge in [-0.2, -0.15) is 18.3 Å². The molecule has 0 fully saturated rings. The van der Waals surface area contributed by atoms with E-state index in [4.69, 9.17) is 0 Å². The van der Waals surface area contributed by atoms with E-state index in [2.05, 4.69) is 23.9 Å². The van der Waals surface area contributed by atoms with Crippen molar-refractivity contribution in [3.8, 4) is 0 Å². The maximum Gasteiger partial charge on any atom is 0.433 e. The average molecular weight is 269 g/mol. The number of alkyl halides is 3. The summed E-state index contributed by atoms with van der Waals surface area (Å²) >= 11 is 0. The predicted octanol–water partition coefficient (Wildman–Crippen LogP) is 3.47. The van der Waals surface area contributed by atoms with E-state index in [0.717, 1.165) is 11.6 Å². The number of pyridine rings is 1. The van der Waals surface area contributed by atoms with Crippen LogP contribution >= 0.6 is 0 Å². The maximum atomic E-state index is 12.4. The molecule has 2 aromatic rings. The summed E-state index contributed by atoms with van der Waals surface area (Å²) < 4.78 is 38.8. The minimum Gasteiger partial charge on any atom is -0.268 e. The first-order valence-electron chi connectivity index (χ1n) is 5.91. The standard InChI is InChI=1S/C13H14F3N3/c1-9(2)11-6-18-19(8-11)7-10-3-4-12(17-5-10)13(14,15)16/h3-6,8-9H,7H2,1-2H3. The number of hydrogen-bond donors (Lipinski definition) is 0. The van der Waals surface area contributed by atoms with Crippen LogP contribution in [0, 0.1) is 0 Å². The highest BCUT2D eigenvalue weighted by Gasteiger charge is 2.31. The summed E-state index contributed by atoms with van der Waals surface area (Å²) in [5.74, 6) is 0.375. The van der Waals surface area contributed by atoms with Crippen LogP contribution in [0.5, 0.6) is 0 Å². The predicted molar refractivity (Wildman–Crippen MR) is 64.7 cm³/mol. The summed E-state index contributed by atoms with van der Waals surface area (Å²) in [6, 6.07) is 2.41. The Balaban J connectivity index is 2.11. The highest BCUT2D eigenvalue weighted by molar-refractivity contribution is 5.17. The van der Waals surface area contributed by atoms with Crippen LogP contribution in [-0.4, -0.2) is 14.8 Å². The van der Waals surface area contributed by atoms with E-state index in [1.54, 1.807) is 10.9 Å². The molecule has 3 nitrogen and oxygen atoms in total. The largest absolute Gasteiger partial charge is 0.433 e. The molecule has 0 amide bonds. The third-order valence-electron chi connectivity index (χ3n) is 2.78. The monoisotopic (exact) mass is 269 g/mol. The lowest BCUT2D eigenvalue weighted by atomic mass is 10.1. The molecule has 19 heavy (non-hydrogen) atoms. The number of hydrogen-bond acceptors (Lipinski definition) is 2. The first kappa shape index (κ1) is 13.6. The molecule has 2 aromatic heterocycles. The molecule has 2 heterocycles. The Hall–Kier alpha value is -1.85. The van der Waals surface area contributed by atoms with Crippen molar-refractivity contribution in [2.75, 3.05) is 0 Å². The van der Waals surface area contributed by atoms with Crippen molar-refractivity contribution in [1.29, 1.82) is 0 Å². The van der Waals surface area contributed by atoms with Gasteiger partial charge in [0.05, 0.1) is 12.7 Å². The van der Waals surface area contributed by atoms with Crippen LogP contribution < -0.4 is 0 Å². The van der Waals surface area contributed by atoms with Crippen LogP contribution in [0.2, 0.25) is 0 Å². The molecule has 0 unspecified atom stereocenters. The fourth-order valence-electron chi connectivity index (χ4n) is 1.64. The number of halogens is 3. The molecule has 102 valence electrons. The van der Waals surface area contributed by atoms with Gasteiger partial charge in [-0.3, -0.25) is 9.67 Å². The van der Waals surface area contributed by atoms with E-state index >= 15 is 0 Å². The van der Waals surface area contributed by atoms with Gasteiger partial charge in [0.1, 0.15) is 5.69 Å². The molecule has 0 aliphatic carbocycles. The summed E-state index contributed by atoms with van der Waals surface area (Å²) in [6.07, 6.45) is 0.499. The summed E-state index contributed by atoms with van der Waals surface area (Å²) in [4.78, 5) is 3.42. The zero-order valence-electron chi connectivity index (χ0n) is 10.6. The first-order valence-corrected chi connectivity index (χ1v) is 5.91. The van der Waals surface area contributed by atoms with Gasteiger partial charge < -0.3 is 0 Å². The van der Waals surface area contributed by atoms with E-state index in [1.165, 1.54) is 12.3 Å². The van der Waals surface area contributed by atoms with Crippen LogP contribution in [0.25, 0.3) is 0 Å². The Kier molecular flexibility index (Phi) is 3.59. The minimum absolute atomic E-state index is 0.375. The molecular weight excluding hydrogens is 255 g/mol. The van der Waals surface area contributed by atoms with Crippen LogP contribution in [-0.2, 0) is 12.7 Å². The minimum atomic E-state index is -4.39. The van der Waals surface area contributed by atoms with Gasteiger partial charge in [0.25, 0.3) is 0 Å². The molecule has 0 radical (unpaired) electrons. The van der Waals surface area contributed by atoms with Gasteiger partial charge in [-0.15, -0.1) is 0 Å². The molecule has 0 bridgehead atoms. The lowest BCUT2D eigenvalue weighted by Crippen LogP contribution is -2.08. The molecule has 0 aliphatic rings. The molecule has 0 N–H and O–H groups in total. The molecule has 0 aromatic carbocycles. The first-order chi connectivity index (χ1) is 8.86. The summed E-state index contributed by atoms with van der Waals surface area (Å²) in [6.45, 7) is 4.53. The Labute approximate surface area is 109 Å². The Morgan fingerprint density at radius 3 is 2.42 bits per heavy atom. The molecule has 6 heteroatoms. The van der Waals surface area contributed by atoms with E-state index in [0.29, 0.717) is 18.0 Å². The number of aromatic nitrogens is 3. The second-order valence-corrected chi connectivity index (χ2v) is 4.68. The lowest BCUT2D eigenvalue weighted by molar-refractivity contribution is -0.141. The fourth-order valence-corrected chi connectivity index (χ4v) is 1.64. The summed E-state index contributed by atoms with van der Waals surface area (Å²) in [5.41, 5.74) is 0.908. The Morgan fingerprint density at radius 1 is 1.21 bits per heavy atom. The van der Waals surface area contributed by atoms with E-state index in [9.17, 15) is 13.2 Å². The van der Waals surface area contributed by atoms with Gasteiger partial charge in [-0.1, -0.05) is 19.9 Å². The zero-order chi connectivity index (χ0) is 14.0. The number of rotatable bonds is 3. The normalized spacial score (nSPS) is 12.1. The fraction of sp³-hybridized carbons (Fsp3) is 0.385. The Morgan fingerprint density at radius 2 is 1.95 bits per heavy atom. The second-order valence-electron chi connectivity index (χ2n) is 4.68. The van der Waals surface area contributed by atoms with Crippen molar-refractivity contribution in [1.82, 2.24) is 14.8 Å². The van der Waals surface area contributed by atoms with E-state index in [1.807, 2.05) is 6.20 Å². The molecule has 2 rings (SSSR count). The third kappa shape index (κ3) is 3.33. The van der Waals surface area contributed by atoms with Gasteiger partial charge in [0.2, 0.25) is 0 Å². The third-order valence-corrected chi connectivity index (χ3v) is 2.78. The zero-order valence-corrected chi connectivity index (χ0v) is 10.6. The molecule has 0 atom stereocenters. The lowest BCUT2D eigenvalue weighted by Gasteiger charge is -2.06. The van der Waals surface area contributed by atoms with Gasteiger partial charge in [-0.05, 0) is 23.1 Å². The van der Waals surface area contributed by atoms with Gasteiger partial charge in [0, 0.05) is 12.4 Å². The van der Waals surface area contributed by atoms with Crippen molar-refractivity contribution in [3.05, 3.63) is 47.5 Å². The molecule has 0 aliphatic heterocycles. The molecular formula is C13H14F3N3. The average Bonchev–Trinajstić information content (AvgIpc) is 2.77. The van der Waals surface area contributed by atoms with Crippen molar-refractivity contribution < 1.29 is 13.2 Å². The van der Waals surface area contributed by atoms with E-state index < -0.39 is 11.9 Å². The van der Waals surface area contributed by atoms with Gasteiger partial charge in [0.15, 0.2) is 0 Å². The summed E-state index contributed by atoms with van der Waals surface area (Å²) in [5, 5.41) is 4.17. The maximum absolute atomic E-state index is 12.4. The van der Waals surface area contributed by atoms with Gasteiger partial charge in [-0.25, -0.2) is 0 Å². The second kappa shape index (κ2) is 5.03. The smallest absolute Gasteiger partial charge is 0.268 e. The highest BCUT2D eigenvalue weighted by atomic mass is 19.4. The highest BCUT2D eigenvalue weighted by Crippen LogP contribution is 2.27. The number of nitrogens with zero attached hydrogens (tertiary/aromatic N) is 3. The van der Waals surface area contributed by atoms with Crippen LogP contribution in [0.3, 0.4) is 0 Å². The van der Waals surface area contributed by atoms with Crippen molar-refractivity contribution >= 4 is 0 Å². The SMILES string of the molecule is CC(C)c1cnn(Cc2ccc(C(F)(F)F)nc2)c1. The topological polar surface area (TPSA) is 30.7 Å². The van der Waals surface area contributed by atoms with Crippen molar-refractivity contribution in [2.45, 2.75) is 32.5 Å². The Bertz CT molecular complexity index is 541. The van der Waals surface area contributed by atoms with Crippen LogP contribution in [0.1, 0.15) is 36.6 Å². The van der Waals surface area contributed by atoms with Gasteiger partial charge >= 0.3 is 6.18 Å². The molecule has 0 spiro atoms.